The van der Waals surface area contributed by atoms with Crippen LogP contribution in [0.2, 0.25) is 0 Å². The lowest BCUT2D eigenvalue weighted by Gasteiger charge is -2.30. The lowest BCUT2D eigenvalue weighted by atomic mass is 9.94. The largest absolute Gasteiger partial charge is 0.673 e. The van der Waals surface area contributed by atoms with Gasteiger partial charge in [-0.1, -0.05) is 83.0 Å². The molecule has 0 saturated carbocycles. The molecule has 0 amide bonds. The Morgan fingerprint density at radius 3 is 1.91 bits per heavy atom. The van der Waals surface area contributed by atoms with Gasteiger partial charge in [0.1, 0.15) is 24.4 Å². The molecular weight excluding hydrogens is 457 g/mol. The van der Waals surface area contributed by atoms with Gasteiger partial charge in [-0.05, 0) is 43.0 Å². The van der Waals surface area contributed by atoms with Crippen LogP contribution in [-0.2, 0) is 11.3 Å². The zero-order valence-electron chi connectivity index (χ0n) is 19.7. The highest BCUT2D eigenvalue weighted by Crippen LogP contribution is 2.35. The Hall–Kier alpha value is -3.46. The van der Waals surface area contributed by atoms with Crippen LogP contribution in [-0.4, -0.2) is 17.0 Å². The van der Waals surface area contributed by atoms with Gasteiger partial charge in [-0.3, -0.25) is 0 Å². The van der Waals surface area contributed by atoms with Gasteiger partial charge in [0.15, 0.2) is 0 Å². The molecule has 4 nitrogen and oxygen atoms in total. The number of ether oxygens (including phenoxy) is 1. The number of halogens is 4. The summed E-state index contributed by atoms with van der Waals surface area (Å²) < 4.78 is 49.7. The van der Waals surface area contributed by atoms with Crippen LogP contribution in [0.15, 0.2) is 79.1 Å². The lowest BCUT2D eigenvalue weighted by molar-refractivity contribution is -0.742. The molecule has 5 rings (SSSR count). The molecule has 0 radical (unpaired) electrons. The second-order valence-corrected chi connectivity index (χ2v) is 8.62. The van der Waals surface area contributed by atoms with Gasteiger partial charge < -0.3 is 22.0 Å². The normalized spacial score (nSPS) is 17.3. The van der Waals surface area contributed by atoms with Crippen molar-refractivity contribution in [1.82, 2.24) is 9.78 Å². The van der Waals surface area contributed by atoms with E-state index in [0.29, 0.717) is 6.61 Å². The maximum Gasteiger partial charge on any atom is 0.673 e. The summed E-state index contributed by atoms with van der Waals surface area (Å²) in [5.41, 5.74) is 7.27. The number of nitrogens with zero attached hydrogens (tertiary/aromatic N) is 3. The Morgan fingerprint density at radius 1 is 0.857 bits per heavy atom. The summed E-state index contributed by atoms with van der Waals surface area (Å²) in [6.07, 6.45) is 2.07. The molecule has 1 aliphatic rings. The summed E-state index contributed by atoms with van der Waals surface area (Å²) in [5.74, 6) is 0.940. The van der Waals surface area contributed by atoms with Gasteiger partial charge in [-0.25, -0.2) is 4.57 Å². The number of benzene rings is 3. The maximum absolute atomic E-state index is 9.75. The van der Waals surface area contributed by atoms with Gasteiger partial charge in [0.05, 0.1) is 0 Å². The van der Waals surface area contributed by atoms with Crippen LogP contribution < -0.4 is 4.57 Å². The molecule has 1 aromatic heterocycles. The van der Waals surface area contributed by atoms with Gasteiger partial charge in [0.25, 0.3) is 0 Å². The topological polar surface area (TPSA) is 30.9 Å². The zero-order chi connectivity index (χ0) is 25.2. The van der Waals surface area contributed by atoms with E-state index in [0.717, 1.165) is 11.5 Å². The molecule has 0 saturated heterocycles. The fourth-order valence-electron chi connectivity index (χ4n) is 4.67. The number of fused-ring (bicyclic) bond motifs is 1. The molecule has 35 heavy (non-hydrogen) atoms. The van der Waals surface area contributed by atoms with Crippen molar-refractivity contribution >= 4 is 7.25 Å². The molecule has 1 aliphatic heterocycles. The predicted octanol–water partition coefficient (Wildman–Crippen LogP) is 6.25. The van der Waals surface area contributed by atoms with Crippen LogP contribution in [0, 0.1) is 20.8 Å². The van der Waals surface area contributed by atoms with Gasteiger partial charge in [0, 0.05) is 5.10 Å². The van der Waals surface area contributed by atoms with Gasteiger partial charge in [0.2, 0.25) is 6.33 Å². The second kappa shape index (κ2) is 10.0. The molecule has 2 unspecified atom stereocenters. The first-order chi connectivity index (χ1) is 16.6. The summed E-state index contributed by atoms with van der Waals surface area (Å²) in [5, 5.41) is 4.93. The minimum atomic E-state index is -6.00. The molecule has 4 aromatic rings. The SMILES string of the molecule is Cc1cc(C)c(-n2c[n+]3c(n2)COC(c2ccccc2)C3c2ccccc2)c(C)c1.F[B-](F)(F)F. The number of rotatable bonds is 3. The summed E-state index contributed by atoms with van der Waals surface area (Å²) in [4.78, 5) is 0. The van der Waals surface area contributed by atoms with Crippen molar-refractivity contribution < 1.29 is 26.6 Å². The molecular formula is C26H26BF4N3O. The van der Waals surface area contributed by atoms with Crippen LogP contribution in [0.25, 0.3) is 5.69 Å². The van der Waals surface area contributed by atoms with Crippen LogP contribution in [0.3, 0.4) is 0 Å². The fourth-order valence-corrected chi connectivity index (χ4v) is 4.67. The van der Waals surface area contributed by atoms with Crippen molar-refractivity contribution in [2.45, 2.75) is 39.5 Å². The molecule has 0 N–H and O–H groups in total. The van der Waals surface area contributed by atoms with Crippen LogP contribution in [0.1, 0.15) is 45.8 Å². The zero-order valence-corrected chi connectivity index (χ0v) is 19.7. The molecule has 9 heteroatoms. The minimum absolute atomic E-state index is 0.0251. The van der Waals surface area contributed by atoms with E-state index in [4.69, 9.17) is 9.84 Å². The fraction of sp³-hybridized carbons (Fsp3) is 0.231. The van der Waals surface area contributed by atoms with E-state index in [1.807, 2.05) is 10.7 Å². The molecule has 0 aliphatic carbocycles. The van der Waals surface area contributed by atoms with Crippen molar-refractivity contribution in [2.75, 3.05) is 0 Å². The summed E-state index contributed by atoms with van der Waals surface area (Å²) in [6, 6.07) is 25.5. The molecule has 0 bridgehead atoms. The summed E-state index contributed by atoms with van der Waals surface area (Å²) in [7, 11) is -6.00. The average Bonchev–Trinajstić information content (AvgIpc) is 3.21. The highest BCUT2D eigenvalue weighted by Gasteiger charge is 2.39. The highest BCUT2D eigenvalue weighted by atomic mass is 19.5. The van der Waals surface area contributed by atoms with Crippen molar-refractivity contribution in [3.8, 4) is 5.69 Å². The monoisotopic (exact) mass is 483 g/mol. The molecule has 0 fully saturated rings. The summed E-state index contributed by atoms with van der Waals surface area (Å²) >= 11 is 0. The van der Waals surface area contributed by atoms with Gasteiger partial charge >= 0.3 is 13.1 Å². The third-order valence-corrected chi connectivity index (χ3v) is 5.87. The number of hydrogen-bond acceptors (Lipinski definition) is 2. The predicted molar refractivity (Wildman–Crippen MR) is 127 cm³/mol. The second-order valence-electron chi connectivity index (χ2n) is 8.62. The average molecular weight is 483 g/mol. The first-order valence-electron chi connectivity index (χ1n) is 11.3. The van der Waals surface area contributed by atoms with Crippen LogP contribution in [0.5, 0.6) is 0 Å². The van der Waals surface area contributed by atoms with E-state index in [1.165, 1.54) is 27.8 Å². The molecule has 0 spiro atoms. The van der Waals surface area contributed by atoms with Gasteiger partial charge in [-0.15, -0.1) is 0 Å². The molecule has 2 heterocycles. The standard InChI is InChI=1S/C26H26N3O.BF4/c1-18-14-19(2)24(20(3)15-18)29-17-28-23(27-29)16-30-26(22-12-8-5-9-13-22)25(28)21-10-6-4-7-11-21;2-1(3,4)5/h4-15,17,25-26H,16H2,1-3H3;/q+1;-1. The van der Waals surface area contributed by atoms with E-state index < -0.39 is 7.25 Å². The van der Waals surface area contributed by atoms with Crippen molar-refractivity contribution in [3.63, 3.8) is 0 Å². The van der Waals surface area contributed by atoms with E-state index in [2.05, 4.69) is 98.4 Å². The lowest BCUT2D eigenvalue weighted by Crippen LogP contribution is -2.49. The van der Waals surface area contributed by atoms with E-state index in [1.54, 1.807) is 0 Å². The number of hydrogen-bond donors (Lipinski definition) is 0. The maximum atomic E-state index is 9.75. The third-order valence-electron chi connectivity index (χ3n) is 5.87. The van der Waals surface area contributed by atoms with Crippen molar-refractivity contribution in [2.24, 2.45) is 0 Å². The first-order valence-corrected chi connectivity index (χ1v) is 11.3. The van der Waals surface area contributed by atoms with E-state index in [9.17, 15) is 17.3 Å². The summed E-state index contributed by atoms with van der Waals surface area (Å²) in [6.45, 7) is 6.92. The highest BCUT2D eigenvalue weighted by molar-refractivity contribution is 6.50. The Kier molecular flexibility index (Phi) is 7.07. The molecule has 2 atom stereocenters. The smallest absolute Gasteiger partial charge is 0.418 e. The Balaban J connectivity index is 0.000000527. The third kappa shape index (κ3) is 5.79. The van der Waals surface area contributed by atoms with Crippen molar-refractivity contribution in [3.05, 3.63) is 113 Å². The number of aryl methyl sites for hydroxylation is 3. The molecule has 3 aromatic carbocycles. The minimum Gasteiger partial charge on any atom is -0.418 e. The van der Waals surface area contributed by atoms with E-state index in [-0.39, 0.29) is 12.1 Å². The first kappa shape index (κ1) is 24.7. The van der Waals surface area contributed by atoms with Gasteiger partial charge in [-0.2, -0.15) is 0 Å². The van der Waals surface area contributed by atoms with Crippen molar-refractivity contribution in [1.29, 1.82) is 0 Å². The Labute approximate surface area is 201 Å². The van der Waals surface area contributed by atoms with Crippen LogP contribution in [0.4, 0.5) is 17.3 Å². The van der Waals surface area contributed by atoms with E-state index >= 15 is 0 Å². The number of aromatic nitrogens is 3. The van der Waals surface area contributed by atoms with Crippen LogP contribution >= 0.6 is 0 Å². The Bertz CT molecular complexity index is 1260. The quantitative estimate of drug-likeness (QED) is 0.196. The Morgan fingerprint density at radius 2 is 1.37 bits per heavy atom. The molecule has 182 valence electrons.